The quantitative estimate of drug-likeness (QED) is 0.744. The van der Waals surface area contributed by atoms with Crippen molar-refractivity contribution in [1.82, 2.24) is 4.98 Å². The van der Waals surface area contributed by atoms with E-state index in [2.05, 4.69) is 4.98 Å². The molecule has 0 spiro atoms. The van der Waals surface area contributed by atoms with Crippen LogP contribution in [0.3, 0.4) is 0 Å². The summed E-state index contributed by atoms with van der Waals surface area (Å²) in [7, 11) is 0. The Bertz CT molecular complexity index is 337. The number of hydrogen-bond donors (Lipinski definition) is 0. The number of ether oxygens (including phenoxy) is 2. The van der Waals surface area contributed by atoms with Crippen LogP contribution < -0.4 is 4.74 Å². The molecule has 1 aliphatic rings. The molecule has 4 heteroatoms. The van der Waals surface area contributed by atoms with Gasteiger partial charge in [0.15, 0.2) is 0 Å². The maximum absolute atomic E-state index is 5.80. The summed E-state index contributed by atoms with van der Waals surface area (Å²) in [6.45, 7) is 4.31. The predicted molar refractivity (Wildman–Crippen MR) is 58.4 cm³/mol. The third-order valence-electron chi connectivity index (χ3n) is 2.52. The van der Waals surface area contributed by atoms with Crippen LogP contribution in [0, 0.1) is 12.8 Å². The molecule has 1 saturated heterocycles. The van der Waals surface area contributed by atoms with Gasteiger partial charge < -0.3 is 9.47 Å². The minimum atomic E-state index is 0.471. The number of aryl methyl sites for hydroxylation is 1. The van der Waals surface area contributed by atoms with E-state index in [0.29, 0.717) is 17.7 Å². The van der Waals surface area contributed by atoms with Crippen LogP contribution in [0.1, 0.15) is 12.0 Å². The summed E-state index contributed by atoms with van der Waals surface area (Å²) in [5, 5.41) is 0.471. The van der Waals surface area contributed by atoms with Gasteiger partial charge in [-0.15, -0.1) is 0 Å². The molecule has 15 heavy (non-hydrogen) atoms. The molecule has 1 aromatic heterocycles. The fraction of sp³-hybridized carbons (Fsp3) is 0.545. The van der Waals surface area contributed by atoms with Gasteiger partial charge in [0.25, 0.3) is 0 Å². The van der Waals surface area contributed by atoms with Gasteiger partial charge in [-0.3, -0.25) is 0 Å². The lowest BCUT2D eigenvalue weighted by Crippen LogP contribution is -2.12. The zero-order chi connectivity index (χ0) is 10.7. The lowest BCUT2D eigenvalue weighted by molar-refractivity contribution is 0.167. The Morgan fingerprint density at radius 3 is 3.27 bits per heavy atom. The first-order chi connectivity index (χ1) is 7.25. The fourth-order valence-corrected chi connectivity index (χ4v) is 1.71. The summed E-state index contributed by atoms with van der Waals surface area (Å²) >= 11 is 5.80. The first kappa shape index (κ1) is 10.7. The summed E-state index contributed by atoms with van der Waals surface area (Å²) in [6.07, 6.45) is 2.81. The van der Waals surface area contributed by atoms with Gasteiger partial charge in [0.2, 0.25) is 0 Å². The molecule has 82 valence electrons. The van der Waals surface area contributed by atoms with Crippen LogP contribution in [0.5, 0.6) is 5.75 Å². The van der Waals surface area contributed by atoms with Crippen LogP contribution in [0.4, 0.5) is 0 Å². The normalized spacial score (nSPS) is 20.5. The minimum absolute atomic E-state index is 0.471. The molecule has 0 bridgehead atoms. The van der Waals surface area contributed by atoms with Crippen LogP contribution in [0.2, 0.25) is 5.15 Å². The molecule has 0 amide bonds. The average Bonchev–Trinajstić information content (AvgIpc) is 2.72. The Labute approximate surface area is 94.4 Å². The fourth-order valence-electron chi connectivity index (χ4n) is 1.56. The first-order valence-electron chi connectivity index (χ1n) is 5.08. The monoisotopic (exact) mass is 227 g/mol. The van der Waals surface area contributed by atoms with E-state index in [-0.39, 0.29) is 0 Å². The molecule has 0 aliphatic carbocycles. The molecular formula is C11H14ClNO2. The largest absolute Gasteiger partial charge is 0.493 e. The first-order valence-corrected chi connectivity index (χ1v) is 5.46. The topological polar surface area (TPSA) is 31.4 Å². The third-order valence-corrected chi connectivity index (χ3v) is 2.73. The highest BCUT2D eigenvalue weighted by Crippen LogP contribution is 2.22. The van der Waals surface area contributed by atoms with Crippen molar-refractivity contribution >= 4 is 11.6 Å². The van der Waals surface area contributed by atoms with Gasteiger partial charge >= 0.3 is 0 Å². The molecule has 2 heterocycles. The highest BCUT2D eigenvalue weighted by atomic mass is 35.5. The number of nitrogens with zero attached hydrogens (tertiary/aromatic N) is 1. The molecule has 1 aromatic rings. The molecule has 0 saturated carbocycles. The maximum Gasteiger partial charge on any atom is 0.132 e. The Balaban J connectivity index is 1.94. The van der Waals surface area contributed by atoms with Crippen molar-refractivity contribution in [3.63, 3.8) is 0 Å². The molecule has 2 rings (SSSR count). The molecule has 1 aliphatic heterocycles. The van der Waals surface area contributed by atoms with Crippen molar-refractivity contribution in [2.24, 2.45) is 5.92 Å². The molecule has 0 N–H and O–H groups in total. The second-order valence-electron chi connectivity index (χ2n) is 3.81. The lowest BCUT2D eigenvalue weighted by Gasteiger charge is -2.12. The van der Waals surface area contributed by atoms with E-state index in [4.69, 9.17) is 21.1 Å². The molecule has 1 atom stereocenters. The van der Waals surface area contributed by atoms with Gasteiger partial charge in [0, 0.05) is 30.4 Å². The summed E-state index contributed by atoms with van der Waals surface area (Å²) < 4.78 is 11.0. The van der Waals surface area contributed by atoms with Gasteiger partial charge in [-0.2, -0.15) is 0 Å². The molecule has 1 unspecified atom stereocenters. The van der Waals surface area contributed by atoms with Gasteiger partial charge in [-0.25, -0.2) is 4.98 Å². The summed E-state index contributed by atoms with van der Waals surface area (Å²) in [5.41, 5.74) is 1.01. The highest BCUT2D eigenvalue weighted by molar-refractivity contribution is 6.29. The predicted octanol–water partition coefficient (Wildman–Crippen LogP) is 2.46. The van der Waals surface area contributed by atoms with Gasteiger partial charge in [-0.1, -0.05) is 11.6 Å². The van der Waals surface area contributed by atoms with E-state index in [0.717, 1.165) is 30.9 Å². The van der Waals surface area contributed by atoms with Gasteiger partial charge in [0.05, 0.1) is 13.2 Å². The second kappa shape index (κ2) is 4.81. The third kappa shape index (κ3) is 2.83. The van der Waals surface area contributed by atoms with Crippen molar-refractivity contribution < 1.29 is 9.47 Å². The van der Waals surface area contributed by atoms with Crippen LogP contribution in [0.25, 0.3) is 0 Å². The van der Waals surface area contributed by atoms with Crippen molar-refractivity contribution in [3.05, 3.63) is 23.0 Å². The molecular weight excluding hydrogens is 214 g/mol. The maximum atomic E-state index is 5.80. The van der Waals surface area contributed by atoms with E-state index in [1.807, 2.05) is 6.92 Å². The Hall–Kier alpha value is -0.800. The zero-order valence-electron chi connectivity index (χ0n) is 8.70. The van der Waals surface area contributed by atoms with E-state index in [9.17, 15) is 0 Å². The van der Waals surface area contributed by atoms with E-state index in [1.165, 1.54) is 0 Å². The van der Waals surface area contributed by atoms with Gasteiger partial charge in [0.1, 0.15) is 10.9 Å². The van der Waals surface area contributed by atoms with Crippen molar-refractivity contribution in [2.75, 3.05) is 19.8 Å². The summed E-state index contributed by atoms with van der Waals surface area (Å²) in [4.78, 5) is 3.98. The van der Waals surface area contributed by atoms with Crippen molar-refractivity contribution in [2.45, 2.75) is 13.3 Å². The van der Waals surface area contributed by atoms with Crippen molar-refractivity contribution in [3.8, 4) is 5.75 Å². The Kier molecular flexibility index (Phi) is 3.44. The number of pyridine rings is 1. The van der Waals surface area contributed by atoms with E-state index in [1.54, 1.807) is 12.3 Å². The van der Waals surface area contributed by atoms with Crippen LogP contribution >= 0.6 is 11.6 Å². The number of aromatic nitrogens is 1. The average molecular weight is 228 g/mol. The number of hydrogen-bond acceptors (Lipinski definition) is 3. The molecule has 0 aromatic carbocycles. The van der Waals surface area contributed by atoms with E-state index >= 15 is 0 Å². The molecule has 1 fully saturated rings. The zero-order valence-corrected chi connectivity index (χ0v) is 9.46. The van der Waals surface area contributed by atoms with Gasteiger partial charge in [-0.05, 0) is 13.3 Å². The smallest absolute Gasteiger partial charge is 0.132 e. The summed E-state index contributed by atoms with van der Waals surface area (Å²) in [5.74, 6) is 1.33. The van der Waals surface area contributed by atoms with Crippen LogP contribution in [-0.4, -0.2) is 24.8 Å². The molecule has 0 radical (unpaired) electrons. The Morgan fingerprint density at radius 2 is 2.53 bits per heavy atom. The second-order valence-corrected chi connectivity index (χ2v) is 4.20. The Morgan fingerprint density at radius 1 is 1.67 bits per heavy atom. The summed E-state index contributed by atoms with van der Waals surface area (Å²) in [6, 6.07) is 1.76. The lowest BCUT2D eigenvalue weighted by atomic mass is 10.1. The standard InChI is InChI=1S/C11H14ClNO2/c1-8-5-13-11(12)4-10(8)15-7-9-2-3-14-6-9/h4-5,9H,2-3,6-7H2,1H3. The minimum Gasteiger partial charge on any atom is -0.493 e. The highest BCUT2D eigenvalue weighted by Gasteiger charge is 2.16. The SMILES string of the molecule is Cc1cnc(Cl)cc1OCC1CCOC1. The van der Waals surface area contributed by atoms with E-state index < -0.39 is 0 Å². The molecule has 3 nitrogen and oxygen atoms in total. The van der Waals surface area contributed by atoms with Crippen molar-refractivity contribution in [1.29, 1.82) is 0 Å². The number of halogens is 1. The van der Waals surface area contributed by atoms with Crippen LogP contribution in [0.15, 0.2) is 12.3 Å². The van der Waals surface area contributed by atoms with Crippen LogP contribution in [-0.2, 0) is 4.74 Å². The number of rotatable bonds is 3.